The highest BCUT2D eigenvalue weighted by atomic mass is 16.3. The highest BCUT2D eigenvalue weighted by Crippen LogP contribution is 2.20. The second-order valence-electron chi connectivity index (χ2n) is 6.86. The lowest BCUT2D eigenvalue weighted by Gasteiger charge is -2.34. The van der Waals surface area contributed by atoms with Crippen molar-refractivity contribution in [1.29, 1.82) is 0 Å². The number of benzene rings is 1. The van der Waals surface area contributed by atoms with Gasteiger partial charge in [-0.05, 0) is 56.3 Å². The van der Waals surface area contributed by atoms with E-state index in [-0.39, 0.29) is 18.6 Å². The number of hydrogen-bond acceptors (Lipinski definition) is 3. The van der Waals surface area contributed by atoms with Gasteiger partial charge in [-0.25, -0.2) is 0 Å². The molecule has 1 N–H and O–H groups in total. The van der Waals surface area contributed by atoms with Crippen molar-refractivity contribution in [1.82, 2.24) is 9.80 Å². The van der Waals surface area contributed by atoms with Gasteiger partial charge in [0.25, 0.3) is 5.91 Å². The van der Waals surface area contributed by atoms with Gasteiger partial charge in [-0.3, -0.25) is 9.69 Å². The molecule has 2 aliphatic rings. The first-order chi connectivity index (χ1) is 11.3. The number of aliphatic hydroxyl groups excluding tert-OH is 1. The van der Waals surface area contributed by atoms with E-state index in [0.29, 0.717) is 0 Å². The van der Waals surface area contributed by atoms with Crippen molar-refractivity contribution < 1.29 is 9.90 Å². The van der Waals surface area contributed by atoms with Crippen LogP contribution in [0.2, 0.25) is 0 Å². The summed E-state index contributed by atoms with van der Waals surface area (Å²) < 4.78 is 0. The molecule has 1 amide bonds. The quantitative estimate of drug-likeness (QED) is 0.929. The Kier molecular flexibility index (Phi) is 5.68. The Morgan fingerprint density at radius 1 is 1.09 bits per heavy atom. The lowest BCUT2D eigenvalue weighted by Crippen LogP contribution is -2.41. The van der Waals surface area contributed by atoms with Crippen LogP contribution in [0.3, 0.4) is 0 Å². The maximum Gasteiger partial charge on any atom is 0.253 e. The van der Waals surface area contributed by atoms with Crippen LogP contribution in [0, 0.1) is 0 Å². The topological polar surface area (TPSA) is 43.8 Å². The van der Waals surface area contributed by atoms with Crippen molar-refractivity contribution >= 4 is 5.91 Å². The van der Waals surface area contributed by atoms with Crippen LogP contribution in [0.15, 0.2) is 24.3 Å². The van der Waals surface area contributed by atoms with E-state index in [1.54, 1.807) is 0 Å². The standard InChI is InChI=1S/C19H28N2O2/c22-15-18-9-2-5-12-21(18)14-16-7-6-8-17(13-16)19(23)20-10-3-1-4-11-20/h6-8,13,18,22H,1-5,9-12,14-15H2. The normalized spacial score (nSPS) is 23.0. The van der Waals surface area contributed by atoms with E-state index in [0.717, 1.165) is 51.0 Å². The Morgan fingerprint density at radius 3 is 2.65 bits per heavy atom. The fourth-order valence-corrected chi connectivity index (χ4v) is 3.79. The molecule has 1 unspecified atom stereocenters. The molecule has 0 spiro atoms. The predicted octanol–water partition coefficient (Wildman–Crippen LogP) is 2.66. The zero-order chi connectivity index (χ0) is 16.1. The number of hydrogen-bond donors (Lipinski definition) is 1. The molecule has 23 heavy (non-hydrogen) atoms. The van der Waals surface area contributed by atoms with Gasteiger partial charge in [0.1, 0.15) is 0 Å². The Labute approximate surface area is 139 Å². The minimum atomic E-state index is 0.170. The molecule has 2 saturated heterocycles. The summed E-state index contributed by atoms with van der Waals surface area (Å²) in [6.07, 6.45) is 6.96. The lowest BCUT2D eigenvalue weighted by atomic mass is 10.0. The third kappa shape index (κ3) is 4.12. The molecule has 2 fully saturated rings. The summed E-state index contributed by atoms with van der Waals surface area (Å²) >= 11 is 0. The van der Waals surface area contributed by atoms with Crippen molar-refractivity contribution in [3.8, 4) is 0 Å². The highest BCUT2D eigenvalue weighted by molar-refractivity contribution is 5.94. The average Bonchev–Trinajstić information content (AvgIpc) is 2.62. The SMILES string of the molecule is O=C(c1cccc(CN2CCCCC2CO)c1)N1CCCCC1. The summed E-state index contributed by atoms with van der Waals surface area (Å²) in [6.45, 7) is 3.87. The molecule has 1 aromatic carbocycles. The first-order valence-electron chi connectivity index (χ1n) is 9.01. The molecular formula is C19H28N2O2. The van der Waals surface area contributed by atoms with E-state index >= 15 is 0 Å². The molecule has 126 valence electrons. The summed E-state index contributed by atoms with van der Waals surface area (Å²) in [7, 11) is 0. The van der Waals surface area contributed by atoms with Crippen molar-refractivity contribution in [2.24, 2.45) is 0 Å². The van der Waals surface area contributed by atoms with Crippen LogP contribution in [-0.4, -0.2) is 53.1 Å². The molecular weight excluding hydrogens is 288 g/mol. The van der Waals surface area contributed by atoms with Gasteiger partial charge in [-0.2, -0.15) is 0 Å². The van der Waals surface area contributed by atoms with Gasteiger partial charge in [0.2, 0.25) is 0 Å². The first-order valence-corrected chi connectivity index (χ1v) is 9.01. The van der Waals surface area contributed by atoms with Gasteiger partial charge in [-0.1, -0.05) is 18.6 Å². The molecule has 0 saturated carbocycles. The van der Waals surface area contributed by atoms with E-state index in [2.05, 4.69) is 11.0 Å². The van der Waals surface area contributed by atoms with Crippen LogP contribution in [0.25, 0.3) is 0 Å². The fourth-order valence-electron chi connectivity index (χ4n) is 3.79. The van der Waals surface area contributed by atoms with Crippen molar-refractivity contribution in [3.63, 3.8) is 0 Å². The van der Waals surface area contributed by atoms with Gasteiger partial charge < -0.3 is 10.0 Å². The molecule has 4 nitrogen and oxygen atoms in total. The number of amides is 1. The number of rotatable bonds is 4. The fraction of sp³-hybridized carbons (Fsp3) is 0.632. The number of piperidine rings is 2. The minimum absolute atomic E-state index is 0.170. The lowest BCUT2D eigenvalue weighted by molar-refractivity contribution is 0.0722. The third-order valence-corrected chi connectivity index (χ3v) is 5.16. The first kappa shape index (κ1) is 16.5. The van der Waals surface area contributed by atoms with E-state index in [1.807, 2.05) is 23.1 Å². The summed E-state index contributed by atoms with van der Waals surface area (Å²) in [4.78, 5) is 17.0. The van der Waals surface area contributed by atoms with Gasteiger partial charge in [0, 0.05) is 31.2 Å². The van der Waals surface area contributed by atoms with Crippen LogP contribution >= 0.6 is 0 Å². The number of carbonyl (C=O) groups excluding carboxylic acids is 1. The van der Waals surface area contributed by atoms with Gasteiger partial charge >= 0.3 is 0 Å². The van der Waals surface area contributed by atoms with Crippen molar-refractivity contribution in [2.75, 3.05) is 26.2 Å². The monoisotopic (exact) mass is 316 g/mol. The highest BCUT2D eigenvalue weighted by Gasteiger charge is 2.22. The molecule has 0 aliphatic carbocycles. The number of carbonyl (C=O) groups is 1. The Hall–Kier alpha value is -1.39. The zero-order valence-electron chi connectivity index (χ0n) is 13.9. The number of likely N-dealkylation sites (tertiary alicyclic amines) is 2. The van der Waals surface area contributed by atoms with E-state index in [4.69, 9.17) is 0 Å². The molecule has 0 aromatic heterocycles. The van der Waals surface area contributed by atoms with Gasteiger partial charge in [-0.15, -0.1) is 0 Å². The van der Waals surface area contributed by atoms with E-state index in [1.165, 1.54) is 24.8 Å². The van der Waals surface area contributed by atoms with Gasteiger partial charge in [0.15, 0.2) is 0 Å². The number of aliphatic hydroxyl groups is 1. The zero-order valence-corrected chi connectivity index (χ0v) is 13.9. The second kappa shape index (κ2) is 7.93. The molecule has 0 bridgehead atoms. The molecule has 3 rings (SSSR count). The molecule has 1 aromatic rings. The van der Waals surface area contributed by atoms with Crippen LogP contribution in [-0.2, 0) is 6.54 Å². The molecule has 1 atom stereocenters. The third-order valence-electron chi connectivity index (χ3n) is 5.16. The van der Waals surface area contributed by atoms with Crippen LogP contribution in [0.4, 0.5) is 0 Å². The van der Waals surface area contributed by atoms with E-state index < -0.39 is 0 Å². The second-order valence-corrected chi connectivity index (χ2v) is 6.86. The molecule has 0 radical (unpaired) electrons. The molecule has 4 heteroatoms. The maximum absolute atomic E-state index is 12.6. The summed E-state index contributed by atoms with van der Waals surface area (Å²) in [5, 5.41) is 9.55. The molecule has 2 heterocycles. The van der Waals surface area contributed by atoms with Crippen molar-refractivity contribution in [2.45, 2.75) is 51.1 Å². The van der Waals surface area contributed by atoms with Crippen LogP contribution in [0.1, 0.15) is 54.4 Å². The Bertz CT molecular complexity index is 526. The van der Waals surface area contributed by atoms with Crippen LogP contribution < -0.4 is 0 Å². The predicted molar refractivity (Wildman–Crippen MR) is 91.3 cm³/mol. The summed E-state index contributed by atoms with van der Waals surface area (Å²) in [5.41, 5.74) is 1.98. The largest absolute Gasteiger partial charge is 0.395 e. The minimum Gasteiger partial charge on any atom is -0.395 e. The summed E-state index contributed by atoms with van der Waals surface area (Å²) in [5.74, 6) is 0.170. The maximum atomic E-state index is 12.6. The van der Waals surface area contributed by atoms with Gasteiger partial charge in [0.05, 0.1) is 6.61 Å². The van der Waals surface area contributed by atoms with Crippen molar-refractivity contribution in [3.05, 3.63) is 35.4 Å². The Balaban J connectivity index is 1.68. The van der Waals surface area contributed by atoms with Crippen LogP contribution in [0.5, 0.6) is 0 Å². The Morgan fingerprint density at radius 2 is 1.87 bits per heavy atom. The average molecular weight is 316 g/mol. The smallest absolute Gasteiger partial charge is 0.253 e. The number of nitrogens with zero attached hydrogens (tertiary/aromatic N) is 2. The van der Waals surface area contributed by atoms with E-state index in [9.17, 15) is 9.90 Å². The molecule has 2 aliphatic heterocycles. The summed E-state index contributed by atoms with van der Waals surface area (Å²) in [6, 6.07) is 8.32.